The van der Waals surface area contributed by atoms with Crippen LogP contribution in [-0.2, 0) is 14.8 Å². The van der Waals surface area contributed by atoms with E-state index in [0.717, 1.165) is 38.7 Å². The summed E-state index contributed by atoms with van der Waals surface area (Å²) in [5.41, 5.74) is 0. The zero-order chi connectivity index (χ0) is 20.5. The van der Waals surface area contributed by atoms with Gasteiger partial charge in [-0.2, -0.15) is 4.31 Å². The smallest absolute Gasteiger partial charge is 0.314 e. The van der Waals surface area contributed by atoms with Crippen LogP contribution in [-0.4, -0.2) is 111 Å². The number of sulfonamides is 1. The van der Waals surface area contributed by atoms with Crippen LogP contribution in [0.15, 0.2) is 18.5 Å². The summed E-state index contributed by atoms with van der Waals surface area (Å²) in [6.45, 7) is 6.34. The molecule has 1 aromatic heterocycles. The maximum absolute atomic E-state index is 12.2. The van der Waals surface area contributed by atoms with E-state index in [1.807, 2.05) is 0 Å². The van der Waals surface area contributed by atoms with Gasteiger partial charge in [-0.25, -0.2) is 23.2 Å². The van der Waals surface area contributed by atoms with Crippen LogP contribution in [0.3, 0.4) is 0 Å². The summed E-state index contributed by atoms with van der Waals surface area (Å²) >= 11 is 0. The molecule has 2 amide bonds. The lowest BCUT2D eigenvalue weighted by molar-refractivity contribution is 0.0730. The summed E-state index contributed by atoms with van der Waals surface area (Å²) in [4.78, 5) is 24.8. The van der Waals surface area contributed by atoms with E-state index in [2.05, 4.69) is 30.4 Å². The van der Waals surface area contributed by atoms with Gasteiger partial charge in [0.1, 0.15) is 0 Å². The molecule has 0 bridgehead atoms. The number of nitrogens with one attached hydrogen (secondary N) is 2. The number of carbonyl (C=O) groups excluding carboxylic acids is 1. The predicted molar refractivity (Wildman–Crippen MR) is 108 cm³/mol. The van der Waals surface area contributed by atoms with Gasteiger partial charge in [0.05, 0.1) is 19.0 Å². The first-order valence-electron chi connectivity index (χ1n) is 9.86. The van der Waals surface area contributed by atoms with Crippen molar-refractivity contribution in [1.29, 1.82) is 0 Å². The molecule has 2 N–H and O–H groups in total. The minimum atomic E-state index is -3.36. The first-order valence-corrected chi connectivity index (χ1v) is 11.5. The summed E-state index contributed by atoms with van der Waals surface area (Å²) in [7, 11) is -3.36. The molecule has 2 fully saturated rings. The molecule has 2 aliphatic heterocycles. The van der Waals surface area contributed by atoms with E-state index >= 15 is 0 Å². The molecule has 0 spiro atoms. The highest BCUT2D eigenvalue weighted by molar-refractivity contribution is 7.89. The molecule has 11 nitrogen and oxygen atoms in total. The summed E-state index contributed by atoms with van der Waals surface area (Å²) in [6, 6.07) is 1.45. The SMILES string of the molecule is O=C(NCCN1CCN(c2ncccn2)CC1)NCCS(=O)(=O)N1CCOCC1. The molecule has 0 aliphatic carbocycles. The number of urea groups is 1. The maximum atomic E-state index is 12.2. The minimum absolute atomic E-state index is 0.0846. The van der Waals surface area contributed by atoms with Crippen molar-refractivity contribution in [2.75, 3.05) is 82.8 Å². The number of amides is 2. The van der Waals surface area contributed by atoms with E-state index in [1.165, 1.54) is 4.31 Å². The third-order valence-electron chi connectivity index (χ3n) is 4.93. The van der Waals surface area contributed by atoms with Gasteiger partial charge in [-0.05, 0) is 6.07 Å². The zero-order valence-electron chi connectivity index (χ0n) is 16.5. The predicted octanol–water partition coefficient (Wildman–Crippen LogP) is -1.44. The molecule has 2 aliphatic rings. The molecule has 3 heterocycles. The summed E-state index contributed by atoms with van der Waals surface area (Å²) < 4.78 is 31.0. The van der Waals surface area contributed by atoms with Crippen LogP contribution in [0.5, 0.6) is 0 Å². The number of carbonyl (C=O) groups is 1. The highest BCUT2D eigenvalue weighted by Gasteiger charge is 2.24. The Morgan fingerprint density at radius 1 is 1.00 bits per heavy atom. The van der Waals surface area contributed by atoms with Gasteiger partial charge >= 0.3 is 6.03 Å². The molecule has 12 heteroatoms. The fraction of sp³-hybridized carbons (Fsp3) is 0.706. The van der Waals surface area contributed by atoms with Crippen LogP contribution in [0, 0.1) is 0 Å². The molecule has 0 saturated carbocycles. The Bertz CT molecular complexity index is 735. The van der Waals surface area contributed by atoms with Gasteiger partial charge in [-0.1, -0.05) is 0 Å². The summed E-state index contributed by atoms with van der Waals surface area (Å²) in [5, 5.41) is 5.39. The molecular formula is C17H29N7O4S. The third kappa shape index (κ3) is 6.77. The van der Waals surface area contributed by atoms with E-state index in [4.69, 9.17) is 4.74 Å². The van der Waals surface area contributed by atoms with Crippen molar-refractivity contribution >= 4 is 22.0 Å². The number of morpholine rings is 1. The number of anilines is 1. The molecule has 3 rings (SSSR count). The number of hydrogen-bond donors (Lipinski definition) is 2. The average molecular weight is 428 g/mol. The lowest BCUT2D eigenvalue weighted by atomic mass is 10.3. The normalized spacial score (nSPS) is 19.1. The first kappa shape index (κ1) is 21.7. The Labute approximate surface area is 171 Å². The topological polar surface area (TPSA) is 120 Å². The second-order valence-corrected chi connectivity index (χ2v) is 8.98. The van der Waals surface area contributed by atoms with Crippen molar-refractivity contribution in [3.63, 3.8) is 0 Å². The standard InChI is InChI=1S/C17H29N7O4S/c25-17(21-5-15-29(26,27)24-11-13-28-14-12-24)20-4-6-22-7-9-23(10-8-22)16-18-2-1-3-19-16/h1-3H,4-15H2,(H2,20,21,25). The molecule has 29 heavy (non-hydrogen) atoms. The van der Waals surface area contributed by atoms with Crippen LogP contribution in [0.1, 0.15) is 0 Å². The van der Waals surface area contributed by atoms with Gasteiger partial charge in [0, 0.05) is 71.3 Å². The van der Waals surface area contributed by atoms with Crippen molar-refractivity contribution in [3.8, 4) is 0 Å². The first-order chi connectivity index (χ1) is 14.0. The summed E-state index contributed by atoms with van der Waals surface area (Å²) in [5.74, 6) is 0.640. The van der Waals surface area contributed by atoms with Crippen LogP contribution in [0.4, 0.5) is 10.7 Å². The van der Waals surface area contributed by atoms with Gasteiger partial charge in [-0.15, -0.1) is 0 Å². The van der Waals surface area contributed by atoms with Gasteiger partial charge in [0.2, 0.25) is 16.0 Å². The highest BCUT2D eigenvalue weighted by Crippen LogP contribution is 2.09. The van der Waals surface area contributed by atoms with Crippen LogP contribution in [0.2, 0.25) is 0 Å². The van der Waals surface area contributed by atoms with E-state index < -0.39 is 10.0 Å². The Morgan fingerprint density at radius 2 is 1.66 bits per heavy atom. The third-order valence-corrected chi connectivity index (χ3v) is 6.80. The van der Waals surface area contributed by atoms with E-state index in [9.17, 15) is 13.2 Å². The Morgan fingerprint density at radius 3 is 2.34 bits per heavy atom. The Balaban J connectivity index is 1.27. The largest absolute Gasteiger partial charge is 0.379 e. The number of hydrogen-bond acceptors (Lipinski definition) is 8. The van der Waals surface area contributed by atoms with Crippen molar-refractivity contribution < 1.29 is 17.9 Å². The molecule has 0 aromatic carbocycles. The molecule has 1 aromatic rings. The van der Waals surface area contributed by atoms with Crippen molar-refractivity contribution in [3.05, 3.63) is 18.5 Å². The van der Waals surface area contributed by atoms with Gasteiger partial charge in [0.25, 0.3) is 0 Å². The highest BCUT2D eigenvalue weighted by atomic mass is 32.2. The average Bonchev–Trinajstić information content (AvgIpc) is 2.75. The van der Waals surface area contributed by atoms with Crippen molar-refractivity contribution in [1.82, 2.24) is 29.8 Å². The van der Waals surface area contributed by atoms with Gasteiger partial charge in [0.15, 0.2) is 0 Å². The van der Waals surface area contributed by atoms with Crippen LogP contribution in [0.25, 0.3) is 0 Å². The Kier molecular flexibility index (Phi) is 7.98. The lowest BCUT2D eigenvalue weighted by Crippen LogP contribution is -2.50. The lowest BCUT2D eigenvalue weighted by Gasteiger charge is -2.34. The molecule has 0 radical (unpaired) electrons. The van der Waals surface area contributed by atoms with E-state index in [1.54, 1.807) is 18.5 Å². The molecule has 0 atom stereocenters. The minimum Gasteiger partial charge on any atom is -0.379 e. The van der Waals surface area contributed by atoms with Gasteiger partial charge in [-0.3, -0.25) is 4.90 Å². The number of ether oxygens (including phenoxy) is 1. The maximum Gasteiger partial charge on any atom is 0.314 e. The fourth-order valence-electron chi connectivity index (χ4n) is 3.26. The fourth-order valence-corrected chi connectivity index (χ4v) is 4.59. The quantitative estimate of drug-likeness (QED) is 0.518. The second kappa shape index (κ2) is 10.7. The number of aromatic nitrogens is 2. The molecule has 162 valence electrons. The Hall–Kier alpha value is -2.02. The number of rotatable bonds is 8. The number of nitrogens with zero attached hydrogens (tertiary/aromatic N) is 5. The number of piperazine rings is 1. The second-order valence-electron chi connectivity index (χ2n) is 6.89. The van der Waals surface area contributed by atoms with Gasteiger partial charge < -0.3 is 20.3 Å². The van der Waals surface area contributed by atoms with E-state index in [0.29, 0.717) is 32.8 Å². The molecule has 2 saturated heterocycles. The molecular weight excluding hydrogens is 398 g/mol. The zero-order valence-corrected chi connectivity index (χ0v) is 17.3. The van der Waals surface area contributed by atoms with Crippen molar-refractivity contribution in [2.24, 2.45) is 0 Å². The molecule has 0 unspecified atom stereocenters. The monoisotopic (exact) mass is 427 g/mol. The van der Waals surface area contributed by atoms with Crippen molar-refractivity contribution in [2.45, 2.75) is 0 Å². The van der Waals surface area contributed by atoms with Crippen LogP contribution < -0.4 is 15.5 Å². The van der Waals surface area contributed by atoms with Crippen LogP contribution >= 0.6 is 0 Å². The van der Waals surface area contributed by atoms with E-state index in [-0.39, 0.29) is 18.3 Å². The summed E-state index contributed by atoms with van der Waals surface area (Å²) in [6.07, 6.45) is 3.48.